The number of aromatic amines is 1. The van der Waals surface area contributed by atoms with Crippen LogP contribution in [0.3, 0.4) is 0 Å². The van der Waals surface area contributed by atoms with Crippen LogP contribution in [0.15, 0.2) is 24.3 Å². The molecular formula is C23H30N2O3. The Balaban J connectivity index is 1.77. The van der Waals surface area contributed by atoms with Gasteiger partial charge in [0.25, 0.3) is 0 Å². The fourth-order valence-electron chi connectivity index (χ4n) is 3.91. The number of rotatable bonds is 7. The summed E-state index contributed by atoms with van der Waals surface area (Å²) >= 11 is 0. The fourth-order valence-corrected chi connectivity index (χ4v) is 3.91. The highest BCUT2D eigenvalue weighted by Crippen LogP contribution is 2.35. The molecule has 5 nitrogen and oxygen atoms in total. The van der Waals surface area contributed by atoms with Gasteiger partial charge in [-0.15, -0.1) is 0 Å². The fraction of sp³-hybridized carbons (Fsp3) is 0.478. The second kappa shape index (κ2) is 8.63. The number of benzene rings is 1. The number of hydrogen-bond acceptors (Lipinski definition) is 4. The molecule has 1 aliphatic rings. The molecule has 1 heterocycles. The lowest BCUT2D eigenvalue weighted by Gasteiger charge is -2.23. The van der Waals surface area contributed by atoms with Gasteiger partial charge in [0.15, 0.2) is 5.78 Å². The molecule has 3 rings (SSSR count). The van der Waals surface area contributed by atoms with E-state index < -0.39 is 0 Å². The molecule has 0 bridgehead atoms. The highest BCUT2D eigenvalue weighted by atomic mass is 16.5. The van der Waals surface area contributed by atoms with Crippen molar-refractivity contribution < 1.29 is 14.3 Å². The smallest absolute Gasteiger partial charge is 0.355 e. The minimum atomic E-state index is -0.359. The molecule has 0 spiro atoms. The van der Waals surface area contributed by atoms with Crippen molar-refractivity contribution in [2.24, 2.45) is 0 Å². The van der Waals surface area contributed by atoms with Crippen molar-refractivity contribution in [2.75, 3.05) is 25.6 Å². The average Bonchev–Trinajstić information content (AvgIpc) is 3.02. The predicted octanol–water partition coefficient (Wildman–Crippen LogP) is 4.65. The summed E-state index contributed by atoms with van der Waals surface area (Å²) in [6.07, 6.45) is 4.19. The Morgan fingerprint density at radius 1 is 1.18 bits per heavy atom. The lowest BCUT2D eigenvalue weighted by Crippen LogP contribution is -2.18. The van der Waals surface area contributed by atoms with Crippen LogP contribution < -0.4 is 4.90 Å². The van der Waals surface area contributed by atoms with E-state index in [1.807, 2.05) is 21.0 Å². The first kappa shape index (κ1) is 20.2. The quantitative estimate of drug-likeness (QED) is 0.559. The summed E-state index contributed by atoms with van der Waals surface area (Å²) in [5, 5.41) is 0. The van der Waals surface area contributed by atoms with Gasteiger partial charge >= 0.3 is 5.97 Å². The zero-order valence-corrected chi connectivity index (χ0v) is 17.3. The zero-order chi connectivity index (χ0) is 20.3. The minimum Gasteiger partial charge on any atom is -0.461 e. The van der Waals surface area contributed by atoms with E-state index in [2.05, 4.69) is 41.1 Å². The average molecular weight is 383 g/mol. The number of ketones is 1. The number of anilines is 1. The molecule has 0 aliphatic heterocycles. The van der Waals surface area contributed by atoms with Crippen LogP contribution in [-0.4, -0.2) is 37.4 Å². The summed E-state index contributed by atoms with van der Waals surface area (Å²) in [5.74, 6) is -0.132. The van der Waals surface area contributed by atoms with Crippen LogP contribution in [0.2, 0.25) is 0 Å². The van der Waals surface area contributed by atoms with Gasteiger partial charge in [0, 0.05) is 37.5 Å². The molecule has 0 radical (unpaired) electrons. The van der Waals surface area contributed by atoms with Crippen LogP contribution in [-0.2, 0) is 11.2 Å². The van der Waals surface area contributed by atoms with Crippen LogP contribution in [0.4, 0.5) is 5.69 Å². The van der Waals surface area contributed by atoms with E-state index in [-0.39, 0.29) is 17.7 Å². The lowest BCUT2D eigenvalue weighted by molar-refractivity contribution is 0.0491. The summed E-state index contributed by atoms with van der Waals surface area (Å²) in [6.45, 7) is 4.37. The molecule has 0 fully saturated rings. The van der Waals surface area contributed by atoms with Crippen LogP contribution in [0, 0.1) is 6.92 Å². The van der Waals surface area contributed by atoms with Gasteiger partial charge in [-0.25, -0.2) is 4.79 Å². The summed E-state index contributed by atoms with van der Waals surface area (Å²) in [6, 6.07) is 8.34. The number of nitrogens with zero attached hydrogens (tertiary/aromatic N) is 1. The molecule has 5 heteroatoms. The monoisotopic (exact) mass is 382 g/mol. The maximum absolute atomic E-state index is 12.8. The largest absolute Gasteiger partial charge is 0.461 e. The maximum Gasteiger partial charge on any atom is 0.355 e. The number of carbonyl (C=O) groups excluding carboxylic acids is 2. The van der Waals surface area contributed by atoms with Crippen LogP contribution in [0.1, 0.15) is 76.2 Å². The van der Waals surface area contributed by atoms with Crippen LogP contribution >= 0.6 is 0 Å². The number of Topliss-reactive ketones (excluding diaryl/α,β-unsaturated/α-hetero) is 1. The maximum atomic E-state index is 12.8. The SMILES string of the molecule is CCCCCOC(=O)c1[nH]c2c(c1C)C(=O)C[C@H](c1ccc(N(C)C)cc1)C2. The van der Waals surface area contributed by atoms with Gasteiger partial charge in [-0.05, 0) is 48.9 Å². The molecule has 1 aliphatic carbocycles. The van der Waals surface area contributed by atoms with Crippen LogP contribution in [0.5, 0.6) is 0 Å². The number of unbranched alkanes of at least 4 members (excludes halogenated alkanes) is 2. The van der Waals surface area contributed by atoms with Crippen molar-refractivity contribution in [1.82, 2.24) is 4.98 Å². The first-order valence-electron chi connectivity index (χ1n) is 10.1. The molecule has 1 atom stereocenters. The van der Waals surface area contributed by atoms with Crippen molar-refractivity contribution in [2.45, 2.75) is 51.9 Å². The topological polar surface area (TPSA) is 62.4 Å². The molecule has 28 heavy (non-hydrogen) atoms. The Kier molecular flexibility index (Phi) is 6.22. The number of fused-ring (bicyclic) bond motifs is 1. The number of ether oxygens (including phenoxy) is 1. The lowest BCUT2D eigenvalue weighted by atomic mass is 9.81. The molecule has 0 saturated heterocycles. The Morgan fingerprint density at radius 2 is 1.89 bits per heavy atom. The number of H-pyrrole nitrogens is 1. The number of carbonyl (C=O) groups is 2. The van der Waals surface area contributed by atoms with Gasteiger partial charge < -0.3 is 14.6 Å². The van der Waals surface area contributed by atoms with E-state index in [1.54, 1.807) is 0 Å². The van der Waals surface area contributed by atoms with Crippen molar-refractivity contribution in [1.29, 1.82) is 0 Å². The summed E-state index contributed by atoms with van der Waals surface area (Å²) < 4.78 is 5.38. The minimum absolute atomic E-state index is 0.0988. The van der Waals surface area contributed by atoms with Gasteiger partial charge in [0.1, 0.15) is 5.69 Å². The number of hydrogen-bond donors (Lipinski definition) is 1. The van der Waals surface area contributed by atoms with Gasteiger partial charge in [-0.3, -0.25) is 4.79 Å². The second-order valence-electron chi connectivity index (χ2n) is 7.84. The van der Waals surface area contributed by atoms with Crippen molar-refractivity contribution in [3.8, 4) is 0 Å². The Bertz CT molecular complexity index is 849. The molecule has 1 aromatic heterocycles. The molecule has 1 aromatic carbocycles. The van der Waals surface area contributed by atoms with E-state index >= 15 is 0 Å². The van der Waals surface area contributed by atoms with Crippen molar-refractivity contribution in [3.05, 3.63) is 52.3 Å². The first-order chi connectivity index (χ1) is 13.4. The van der Waals surface area contributed by atoms with Gasteiger partial charge in [0.05, 0.1) is 6.61 Å². The molecule has 0 amide bonds. The highest BCUT2D eigenvalue weighted by Gasteiger charge is 2.32. The first-order valence-corrected chi connectivity index (χ1v) is 10.1. The predicted molar refractivity (Wildman–Crippen MR) is 111 cm³/mol. The van der Waals surface area contributed by atoms with Gasteiger partial charge in [-0.1, -0.05) is 31.9 Å². The Labute approximate surface area is 167 Å². The third-order valence-electron chi connectivity index (χ3n) is 5.55. The number of aromatic nitrogens is 1. The summed E-state index contributed by atoms with van der Waals surface area (Å²) in [5.41, 5.74) is 4.98. The molecule has 2 aromatic rings. The zero-order valence-electron chi connectivity index (χ0n) is 17.3. The van der Waals surface area contributed by atoms with E-state index in [1.165, 1.54) is 0 Å². The van der Waals surface area contributed by atoms with E-state index in [0.717, 1.165) is 48.2 Å². The third kappa shape index (κ3) is 4.13. The summed E-state index contributed by atoms with van der Waals surface area (Å²) in [7, 11) is 4.02. The molecule has 0 unspecified atom stereocenters. The van der Waals surface area contributed by atoms with Crippen LogP contribution in [0.25, 0.3) is 0 Å². The standard InChI is InChI=1S/C23H30N2O3/c1-5-6-7-12-28-23(27)22-15(2)21-19(24-22)13-17(14-20(21)26)16-8-10-18(11-9-16)25(3)4/h8-11,17,24H,5-7,12-14H2,1-4H3/t17-/m1/s1. The van der Waals surface area contributed by atoms with Gasteiger partial charge in [0.2, 0.25) is 0 Å². The van der Waals surface area contributed by atoms with E-state index in [0.29, 0.717) is 24.3 Å². The highest BCUT2D eigenvalue weighted by molar-refractivity contribution is 6.03. The molecule has 1 N–H and O–H groups in total. The normalized spacial score (nSPS) is 16.0. The molecule has 150 valence electrons. The van der Waals surface area contributed by atoms with Crippen molar-refractivity contribution in [3.63, 3.8) is 0 Å². The Morgan fingerprint density at radius 3 is 2.54 bits per heavy atom. The third-order valence-corrected chi connectivity index (χ3v) is 5.55. The second-order valence-corrected chi connectivity index (χ2v) is 7.84. The summed E-state index contributed by atoms with van der Waals surface area (Å²) in [4.78, 5) is 30.5. The molecular weight excluding hydrogens is 352 g/mol. The number of esters is 1. The van der Waals surface area contributed by atoms with Gasteiger partial charge in [-0.2, -0.15) is 0 Å². The molecule has 0 saturated carbocycles. The number of nitrogens with one attached hydrogen (secondary N) is 1. The Hall–Kier alpha value is -2.56. The van der Waals surface area contributed by atoms with Crippen molar-refractivity contribution >= 4 is 17.4 Å². The van der Waals surface area contributed by atoms with E-state index in [9.17, 15) is 9.59 Å². The van der Waals surface area contributed by atoms with E-state index in [4.69, 9.17) is 4.74 Å².